The summed E-state index contributed by atoms with van der Waals surface area (Å²) < 4.78 is 19.6. The van der Waals surface area contributed by atoms with Gasteiger partial charge >= 0.3 is 0 Å². The number of fused-ring (bicyclic) bond motifs is 1. The topological polar surface area (TPSA) is 29.5 Å². The van der Waals surface area contributed by atoms with Crippen LogP contribution in [0.15, 0.2) is 42.5 Å². The van der Waals surface area contributed by atoms with Crippen molar-refractivity contribution >= 4 is 18.1 Å². The Bertz CT molecular complexity index is 790. The van der Waals surface area contributed by atoms with E-state index >= 15 is 0 Å². The van der Waals surface area contributed by atoms with Crippen molar-refractivity contribution in [3.63, 3.8) is 0 Å². The van der Waals surface area contributed by atoms with Gasteiger partial charge in [0.05, 0.1) is 5.30 Å². The minimum absolute atomic E-state index is 0.299. The van der Waals surface area contributed by atoms with E-state index < -0.39 is 7.14 Å². The molecule has 2 aromatic rings. The van der Waals surface area contributed by atoms with Gasteiger partial charge in [-0.2, -0.15) is 0 Å². The van der Waals surface area contributed by atoms with Crippen LogP contribution < -0.4 is 14.9 Å². The zero-order chi connectivity index (χ0) is 16.8. The molecular weight excluding hydrogens is 305 g/mol. The number of ether oxygens (including phenoxy) is 1. The summed E-state index contributed by atoms with van der Waals surface area (Å²) in [6, 6.07) is 14.2. The van der Waals surface area contributed by atoms with Gasteiger partial charge in [-0.15, -0.1) is 0 Å². The molecule has 1 aliphatic rings. The van der Waals surface area contributed by atoms with E-state index in [-0.39, 0.29) is 5.16 Å². The predicted molar refractivity (Wildman–Crippen MR) is 98.7 cm³/mol. The number of hydrogen-bond donors (Lipinski definition) is 0. The van der Waals surface area contributed by atoms with E-state index in [2.05, 4.69) is 23.1 Å². The molecule has 0 bridgehead atoms. The van der Waals surface area contributed by atoms with Crippen LogP contribution in [-0.4, -0.2) is 25.6 Å². The van der Waals surface area contributed by atoms with Gasteiger partial charge in [-0.1, -0.05) is 51.1 Å². The van der Waals surface area contributed by atoms with Gasteiger partial charge in [0, 0.05) is 30.5 Å². The highest BCUT2D eigenvalue weighted by molar-refractivity contribution is 7.73. The Kier molecular flexibility index (Phi) is 3.80. The van der Waals surface area contributed by atoms with E-state index in [9.17, 15) is 4.57 Å². The fraction of sp³-hybridized carbons (Fsp3) is 0.368. The maximum atomic E-state index is 13.8. The molecule has 1 atom stereocenters. The Morgan fingerprint density at radius 1 is 1.00 bits per heavy atom. The second-order valence-corrected chi connectivity index (χ2v) is 10.8. The average Bonchev–Trinajstić information content (AvgIpc) is 2.86. The predicted octanol–water partition coefficient (Wildman–Crippen LogP) is 4.56. The van der Waals surface area contributed by atoms with E-state index in [0.29, 0.717) is 6.35 Å². The third kappa shape index (κ3) is 2.48. The Morgan fingerprint density at radius 3 is 2.30 bits per heavy atom. The number of para-hydroxylation sites is 1. The molecule has 2 aromatic carbocycles. The van der Waals surface area contributed by atoms with E-state index in [1.807, 2.05) is 59.1 Å². The molecule has 0 amide bonds. The maximum absolute atomic E-state index is 13.8. The lowest BCUT2D eigenvalue weighted by atomic mass is 10.0. The van der Waals surface area contributed by atoms with Crippen molar-refractivity contribution in [1.82, 2.24) is 0 Å². The Hall–Kier alpha value is -1.73. The van der Waals surface area contributed by atoms with Crippen molar-refractivity contribution in [2.24, 2.45) is 0 Å². The van der Waals surface area contributed by atoms with Gasteiger partial charge in [-0.3, -0.25) is 0 Å². The van der Waals surface area contributed by atoms with E-state index in [1.165, 1.54) is 0 Å². The van der Waals surface area contributed by atoms with Crippen LogP contribution in [0.3, 0.4) is 0 Å². The summed E-state index contributed by atoms with van der Waals surface area (Å²) in [5.74, 6) is 0.773. The number of hydrogen-bond acceptors (Lipinski definition) is 3. The normalized spacial score (nSPS) is 20.0. The van der Waals surface area contributed by atoms with Crippen molar-refractivity contribution in [3.8, 4) is 16.9 Å². The molecule has 1 heterocycles. The standard InChI is InChI=1S/C19H24NO2P/c1-19(2,3)23(21)13-22-17-12-8-10-15(18(17)23)14-9-6-7-11-16(14)20(4)5/h6-12H,13H2,1-5H3. The monoisotopic (exact) mass is 329 g/mol. The zero-order valence-electron chi connectivity index (χ0n) is 14.5. The Labute approximate surface area is 138 Å². The minimum atomic E-state index is -2.64. The van der Waals surface area contributed by atoms with Gasteiger partial charge in [0.2, 0.25) is 0 Å². The minimum Gasteiger partial charge on any atom is -0.485 e. The quantitative estimate of drug-likeness (QED) is 0.757. The Morgan fingerprint density at radius 2 is 1.65 bits per heavy atom. The molecule has 23 heavy (non-hydrogen) atoms. The van der Waals surface area contributed by atoms with Crippen molar-refractivity contribution < 1.29 is 9.30 Å². The van der Waals surface area contributed by atoms with Crippen LogP contribution >= 0.6 is 7.14 Å². The van der Waals surface area contributed by atoms with Crippen LogP contribution in [0.4, 0.5) is 5.69 Å². The van der Waals surface area contributed by atoms with Crippen LogP contribution in [0.5, 0.6) is 5.75 Å². The lowest BCUT2D eigenvalue weighted by Crippen LogP contribution is -2.23. The molecule has 0 radical (unpaired) electrons. The summed E-state index contributed by atoms with van der Waals surface area (Å²) in [6.07, 6.45) is 0.299. The second kappa shape index (κ2) is 5.42. The Balaban J connectivity index is 2.30. The van der Waals surface area contributed by atoms with Gasteiger partial charge in [-0.25, -0.2) is 0 Å². The molecule has 1 aliphatic heterocycles. The summed E-state index contributed by atoms with van der Waals surface area (Å²) >= 11 is 0. The first-order valence-corrected chi connectivity index (χ1v) is 9.77. The van der Waals surface area contributed by atoms with Gasteiger partial charge in [0.1, 0.15) is 12.1 Å². The SMILES string of the molecule is CN(C)c1ccccc1-c1cccc2c1P(=O)(C(C)(C)C)CO2. The average molecular weight is 329 g/mol. The van der Waals surface area contributed by atoms with Crippen LogP contribution in [0.1, 0.15) is 20.8 Å². The second-order valence-electron chi connectivity index (χ2n) is 7.25. The molecule has 0 spiro atoms. The first-order valence-electron chi connectivity index (χ1n) is 7.88. The number of nitrogens with zero attached hydrogens (tertiary/aromatic N) is 1. The molecule has 0 N–H and O–H groups in total. The fourth-order valence-electron chi connectivity index (χ4n) is 3.07. The highest BCUT2D eigenvalue weighted by atomic mass is 31.2. The van der Waals surface area contributed by atoms with Crippen molar-refractivity contribution in [2.45, 2.75) is 25.9 Å². The van der Waals surface area contributed by atoms with Crippen molar-refractivity contribution in [2.75, 3.05) is 25.3 Å². The molecule has 0 aliphatic carbocycles. The van der Waals surface area contributed by atoms with Crippen LogP contribution in [0.2, 0.25) is 0 Å². The van der Waals surface area contributed by atoms with Crippen LogP contribution in [0, 0.1) is 0 Å². The van der Waals surface area contributed by atoms with E-state index in [4.69, 9.17) is 4.74 Å². The first-order chi connectivity index (χ1) is 10.8. The lowest BCUT2D eigenvalue weighted by molar-refractivity contribution is 0.389. The maximum Gasteiger partial charge on any atom is 0.160 e. The van der Waals surface area contributed by atoms with E-state index in [1.54, 1.807) is 0 Å². The van der Waals surface area contributed by atoms with Crippen LogP contribution in [-0.2, 0) is 4.57 Å². The molecule has 0 aromatic heterocycles. The van der Waals surface area contributed by atoms with Crippen molar-refractivity contribution in [3.05, 3.63) is 42.5 Å². The molecule has 1 unspecified atom stereocenters. The molecule has 0 fully saturated rings. The van der Waals surface area contributed by atoms with E-state index in [0.717, 1.165) is 27.9 Å². The summed E-state index contributed by atoms with van der Waals surface area (Å²) in [4.78, 5) is 2.09. The largest absolute Gasteiger partial charge is 0.485 e. The molecule has 122 valence electrons. The summed E-state index contributed by atoms with van der Waals surface area (Å²) in [7, 11) is 1.42. The molecule has 3 nitrogen and oxygen atoms in total. The smallest absolute Gasteiger partial charge is 0.160 e. The van der Waals surface area contributed by atoms with Crippen LogP contribution in [0.25, 0.3) is 11.1 Å². The van der Waals surface area contributed by atoms with Gasteiger partial charge < -0.3 is 14.2 Å². The molecule has 0 saturated heterocycles. The number of rotatable bonds is 2. The fourth-order valence-corrected chi connectivity index (χ4v) is 5.66. The summed E-state index contributed by atoms with van der Waals surface area (Å²) in [6.45, 7) is 6.13. The summed E-state index contributed by atoms with van der Waals surface area (Å²) in [5, 5.41) is 0.586. The van der Waals surface area contributed by atoms with Gasteiger partial charge in [-0.05, 0) is 17.7 Å². The third-order valence-corrected chi connectivity index (χ3v) is 8.37. The van der Waals surface area contributed by atoms with Gasteiger partial charge in [0.15, 0.2) is 7.14 Å². The highest BCUT2D eigenvalue weighted by Gasteiger charge is 2.46. The zero-order valence-corrected chi connectivity index (χ0v) is 15.4. The highest BCUT2D eigenvalue weighted by Crippen LogP contribution is 2.63. The molecule has 0 saturated carbocycles. The molecule has 4 heteroatoms. The first kappa shape index (κ1) is 16.1. The lowest BCUT2D eigenvalue weighted by Gasteiger charge is -2.28. The number of benzene rings is 2. The van der Waals surface area contributed by atoms with Gasteiger partial charge in [0.25, 0.3) is 0 Å². The van der Waals surface area contributed by atoms with Crippen molar-refractivity contribution in [1.29, 1.82) is 0 Å². The molecule has 3 rings (SSSR count). The third-order valence-electron chi connectivity index (χ3n) is 4.52. The molecular formula is C19H24NO2P. The number of anilines is 1. The summed E-state index contributed by atoms with van der Waals surface area (Å²) in [5.41, 5.74) is 3.25.